The molecule has 2 aliphatic rings. The van der Waals surface area contributed by atoms with Crippen LogP contribution in [0.4, 0.5) is 4.79 Å². The van der Waals surface area contributed by atoms with Crippen molar-refractivity contribution in [2.75, 3.05) is 26.2 Å². The Morgan fingerprint density at radius 3 is 3.24 bits per heavy atom. The number of rotatable bonds is 2. The van der Waals surface area contributed by atoms with E-state index in [1.165, 1.54) is 5.56 Å². The summed E-state index contributed by atoms with van der Waals surface area (Å²) < 4.78 is 0. The van der Waals surface area contributed by atoms with E-state index in [0.717, 1.165) is 32.7 Å². The number of hydrogen-bond donors (Lipinski definition) is 1. The molecule has 0 aliphatic carbocycles. The van der Waals surface area contributed by atoms with Crippen molar-refractivity contribution in [3.8, 4) is 0 Å². The van der Waals surface area contributed by atoms with E-state index in [2.05, 4.69) is 21.3 Å². The summed E-state index contributed by atoms with van der Waals surface area (Å²) >= 11 is 0. The lowest BCUT2D eigenvalue weighted by molar-refractivity contribution is 0.116. The van der Waals surface area contributed by atoms with E-state index in [1.54, 1.807) is 6.20 Å². The number of hydrogen-bond acceptors (Lipinski definition) is 3. The van der Waals surface area contributed by atoms with Crippen molar-refractivity contribution in [2.24, 2.45) is 0 Å². The smallest absolute Gasteiger partial charge is 0.317 e. The number of urea groups is 1. The summed E-state index contributed by atoms with van der Waals surface area (Å²) in [5, 5.41) is 2.89. The molecule has 1 aromatic rings. The van der Waals surface area contributed by atoms with Crippen LogP contribution in [0.1, 0.15) is 5.56 Å². The molecule has 0 spiro atoms. The highest BCUT2D eigenvalue weighted by atomic mass is 16.2. The summed E-state index contributed by atoms with van der Waals surface area (Å²) in [6.45, 7) is 4.43. The van der Waals surface area contributed by atoms with Crippen LogP contribution in [0, 0.1) is 0 Å². The van der Waals surface area contributed by atoms with Gasteiger partial charge in [-0.1, -0.05) is 6.07 Å². The largest absolute Gasteiger partial charge is 0.336 e. The zero-order chi connectivity index (χ0) is 11.7. The van der Waals surface area contributed by atoms with Crippen molar-refractivity contribution in [1.29, 1.82) is 0 Å². The monoisotopic (exact) mass is 232 g/mol. The first kappa shape index (κ1) is 10.5. The fourth-order valence-electron chi connectivity index (χ4n) is 2.56. The molecule has 0 aromatic carbocycles. The minimum absolute atomic E-state index is 0.0935. The standard InChI is InChI=1S/C12H16N4O/c17-12-14-7-11-9-15(4-5-16(11)12)8-10-2-1-3-13-6-10/h1-3,6,11H,4-5,7-9H2,(H,14,17). The zero-order valence-electron chi connectivity index (χ0n) is 9.67. The highest BCUT2D eigenvalue weighted by Gasteiger charge is 2.35. The van der Waals surface area contributed by atoms with Crippen molar-refractivity contribution in [3.05, 3.63) is 30.1 Å². The molecule has 17 heavy (non-hydrogen) atoms. The van der Waals surface area contributed by atoms with E-state index in [-0.39, 0.29) is 6.03 Å². The fourth-order valence-corrected chi connectivity index (χ4v) is 2.56. The number of nitrogens with zero attached hydrogens (tertiary/aromatic N) is 3. The summed E-state index contributed by atoms with van der Waals surface area (Å²) in [6, 6.07) is 4.49. The maximum atomic E-state index is 11.5. The number of carbonyl (C=O) groups excluding carboxylic acids is 1. The summed E-state index contributed by atoms with van der Waals surface area (Å²) in [4.78, 5) is 19.9. The molecule has 2 fully saturated rings. The summed E-state index contributed by atoms with van der Waals surface area (Å²) in [6.07, 6.45) is 3.70. The molecule has 1 aromatic heterocycles. The molecule has 1 atom stereocenters. The molecule has 5 nitrogen and oxygen atoms in total. The van der Waals surface area contributed by atoms with E-state index in [9.17, 15) is 4.79 Å². The van der Waals surface area contributed by atoms with Crippen molar-refractivity contribution < 1.29 is 4.79 Å². The average molecular weight is 232 g/mol. The van der Waals surface area contributed by atoms with Gasteiger partial charge < -0.3 is 10.2 Å². The van der Waals surface area contributed by atoms with E-state index < -0.39 is 0 Å². The molecule has 3 rings (SSSR count). The third-order valence-electron chi connectivity index (χ3n) is 3.45. The Morgan fingerprint density at radius 1 is 1.47 bits per heavy atom. The molecule has 2 amide bonds. The summed E-state index contributed by atoms with van der Waals surface area (Å²) in [5.41, 5.74) is 1.23. The first-order valence-corrected chi connectivity index (χ1v) is 5.98. The normalized spacial score (nSPS) is 24.6. The SMILES string of the molecule is O=C1NCC2CN(Cc3cccnc3)CCN12. The number of carbonyl (C=O) groups is 1. The Kier molecular flexibility index (Phi) is 2.68. The lowest BCUT2D eigenvalue weighted by atomic mass is 10.1. The minimum Gasteiger partial charge on any atom is -0.336 e. The minimum atomic E-state index is 0.0935. The lowest BCUT2D eigenvalue weighted by Gasteiger charge is -2.36. The van der Waals surface area contributed by atoms with Gasteiger partial charge in [0.05, 0.1) is 6.04 Å². The van der Waals surface area contributed by atoms with Crippen molar-refractivity contribution in [3.63, 3.8) is 0 Å². The van der Waals surface area contributed by atoms with Gasteiger partial charge in [-0.3, -0.25) is 9.88 Å². The second kappa shape index (κ2) is 4.33. The van der Waals surface area contributed by atoms with Crippen molar-refractivity contribution in [1.82, 2.24) is 20.1 Å². The van der Waals surface area contributed by atoms with Crippen LogP contribution in [0.2, 0.25) is 0 Å². The van der Waals surface area contributed by atoms with Crippen LogP contribution >= 0.6 is 0 Å². The third-order valence-corrected chi connectivity index (χ3v) is 3.45. The van der Waals surface area contributed by atoms with E-state index in [4.69, 9.17) is 0 Å². The van der Waals surface area contributed by atoms with Crippen LogP contribution in [-0.2, 0) is 6.54 Å². The van der Waals surface area contributed by atoms with Gasteiger partial charge in [0.1, 0.15) is 0 Å². The van der Waals surface area contributed by atoms with E-state index >= 15 is 0 Å². The number of piperazine rings is 1. The molecular formula is C12H16N4O. The molecular weight excluding hydrogens is 216 g/mol. The van der Waals surface area contributed by atoms with Gasteiger partial charge in [-0.25, -0.2) is 4.79 Å². The quantitative estimate of drug-likeness (QED) is 0.797. The molecule has 0 saturated carbocycles. The molecule has 2 aliphatic heterocycles. The van der Waals surface area contributed by atoms with Crippen LogP contribution in [0.5, 0.6) is 0 Å². The first-order valence-electron chi connectivity index (χ1n) is 5.98. The van der Waals surface area contributed by atoms with E-state index in [0.29, 0.717) is 6.04 Å². The second-order valence-corrected chi connectivity index (χ2v) is 4.63. The topological polar surface area (TPSA) is 48.5 Å². The van der Waals surface area contributed by atoms with Crippen LogP contribution < -0.4 is 5.32 Å². The molecule has 1 unspecified atom stereocenters. The van der Waals surface area contributed by atoms with Crippen molar-refractivity contribution >= 4 is 6.03 Å². The Morgan fingerprint density at radius 2 is 2.41 bits per heavy atom. The Balaban J connectivity index is 1.62. The van der Waals surface area contributed by atoms with Crippen LogP contribution in [-0.4, -0.2) is 53.0 Å². The second-order valence-electron chi connectivity index (χ2n) is 4.63. The first-order chi connectivity index (χ1) is 8.33. The van der Waals surface area contributed by atoms with Crippen LogP contribution in [0.3, 0.4) is 0 Å². The average Bonchev–Trinajstić information content (AvgIpc) is 2.72. The summed E-state index contributed by atoms with van der Waals surface area (Å²) in [7, 11) is 0. The maximum absolute atomic E-state index is 11.5. The molecule has 1 N–H and O–H groups in total. The van der Waals surface area contributed by atoms with E-state index in [1.807, 2.05) is 17.2 Å². The van der Waals surface area contributed by atoms with Gasteiger partial charge >= 0.3 is 6.03 Å². The summed E-state index contributed by atoms with van der Waals surface area (Å²) in [5.74, 6) is 0. The molecule has 0 radical (unpaired) electrons. The number of amides is 2. The van der Waals surface area contributed by atoms with Gasteiger partial charge in [0.25, 0.3) is 0 Å². The third kappa shape index (κ3) is 2.10. The number of nitrogens with one attached hydrogen (secondary N) is 1. The predicted octanol–water partition coefficient (Wildman–Crippen LogP) is 0.291. The van der Waals surface area contributed by atoms with Gasteiger partial charge in [0.15, 0.2) is 0 Å². The highest BCUT2D eigenvalue weighted by molar-refractivity contribution is 5.77. The van der Waals surface area contributed by atoms with Gasteiger partial charge in [-0.2, -0.15) is 0 Å². The van der Waals surface area contributed by atoms with Gasteiger partial charge in [-0.15, -0.1) is 0 Å². The van der Waals surface area contributed by atoms with Gasteiger partial charge in [0, 0.05) is 45.1 Å². The molecule has 5 heteroatoms. The molecule has 2 saturated heterocycles. The lowest BCUT2D eigenvalue weighted by Crippen LogP contribution is -2.51. The number of fused-ring (bicyclic) bond motifs is 1. The fraction of sp³-hybridized carbons (Fsp3) is 0.500. The Labute approximate surface area is 100 Å². The number of pyridine rings is 1. The molecule has 0 bridgehead atoms. The number of aromatic nitrogens is 1. The Bertz CT molecular complexity index is 408. The maximum Gasteiger partial charge on any atom is 0.317 e. The Hall–Kier alpha value is -1.62. The van der Waals surface area contributed by atoms with Crippen LogP contribution in [0.15, 0.2) is 24.5 Å². The molecule has 90 valence electrons. The van der Waals surface area contributed by atoms with Crippen LogP contribution in [0.25, 0.3) is 0 Å². The van der Waals surface area contributed by atoms with Gasteiger partial charge in [0.2, 0.25) is 0 Å². The zero-order valence-corrected chi connectivity index (χ0v) is 9.67. The van der Waals surface area contributed by atoms with Crippen molar-refractivity contribution in [2.45, 2.75) is 12.6 Å². The highest BCUT2D eigenvalue weighted by Crippen LogP contribution is 2.15. The van der Waals surface area contributed by atoms with Gasteiger partial charge in [-0.05, 0) is 11.6 Å². The molecule has 3 heterocycles. The predicted molar refractivity (Wildman–Crippen MR) is 63.4 cm³/mol.